The van der Waals surface area contributed by atoms with Gasteiger partial charge < -0.3 is 10.1 Å². The molecule has 0 atom stereocenters. The van der Waals surface area contributed by atoms with Crippen LogP contribution >= 0.6 is 11.8 Å². The number of nitriles is 1. The van der Waals surface area contributed by atoms with Crippen molar-refractivity contribution in [2.75, 3.05) is 18.5 Å². The van der Waals surface area contributed by atoms with E-state index in [1.807, 2.05) is 30.3 Å². The molecular weight excluding hydrogens is 426 g/mol. The van der Waals surface area contributed by atoms with Crippen molar-refractivity contribution in [2.45, 2.75) is 29.8 Å². The number of hydrogen-bond acceptors (Lipinski definition) is 8. The molecule has 32 heavy (non-hydrogen) atoms. The van der Waals surface area contributed by atoms with E-state index in [4.69, 9.17) is 10.00 Å². The van der Waals surface area contributed by atoms with Crippen molar-refractivity contribution < 1.29 is 9.66 Å². The number of nitrogens with zero attached hydrogens (tertiary/aromatic N) is 4. The smallest absolute Gasteiger partial charge is 0.337 e. The predicted octanol–water partition coefficient (Wildman–Crippen LogP) is 4.81. The summed E-state index contributed by atoms with van der Waals surface area (Å²) in [6.45, 7) is 1.21. The molecule has 4 rings (SSSR count). The van der Waals surface area contributed by atoms with E-state index >= 15 is 0 Å². The van der Waals surface area contributed by atoms with Gasteiger partial charge in [-0.15, -0.1) is 0 Å². The molecule has 2 heterocycles. The van der Waals surface area contributed by atoms with E-state index in [0.717, 1.165) is 18.4 Å². The van der Waals surface area contributed by atoms with Crippen molar-refractivity contribution in [2.24, 2.45) is 0 Å². The molecule has 0 aliphatic carbocycles. The molecule has 1 aliphatic rings. The van der Waals surface area contributed by atoms with Crippen LogP contribution in [0.5, 0.6) is 0 Å². The van der Waals surface area contributed by atoms with Crippen LogP contribution in [0.25, 0.3) is 11.3 Å². The fraction of sp³-hybridized carbons (Fsp3) is 0.261. The molecular formula is C23H21N5O3S. The Labute approximate surface area is 189 Å². The van der Waals surface area contributed by atoms with Gasteiger partial charge in [0.25, 0.3) is 0 Å². The van der Waals surface area contributed by atoms with Gasteiger partial charge in [-0.25, -0.2) is 4.98 Å². The lowest BCUT2D eigenvalue weighted by molar-refractivity contribution is -0.383. The molecule has 1 N–H and O–H groups in total. The fourth-order valence-corrected chi connectivity index (χ4v) is 4.23. The third kappa shape index (κ3) is 5.22. The van der Waals surface area contributed by atoms with Gasteiger partial charge in [-0.3, -0.25) is 10.1 Å². The van der Waals surface area contributed by atoms with Gasteiger partial charge in [0, 0.05) is 30.6 Å². The first kappa shape index (κ1) is 21.7. The molecule has 1 fully saturated rings. The number of ether oxygens (including phenoxy) is 1. The molecule has 0 saturated carbocycles. The molecule has 2 aromatic carbocycles. The number of nitro groups is 1. The zero-order chi connectivity index (χ0) is 22.3. The van der Waals surface area contributed by atoms with Gasteiger partial charge in [0.2, 0.25) is 5.82 Å². The minimum absolute atomic E-state index is 0.0399. The summed E-state index contributed by atoms with van der Waals surface area (Å²) in [5, 5.41) is 24.9. The highest BCUT2D eigenvalue weighted by Crippen LogP contribution is 2.37. The van der Waals surface area contributed by atoms with Crippen molar-refractivity contribution in [3.8, 4) is 17.3 Å². The van der Waals surface area contributed by atoms with Gasteiger partial charge in [-0.2, -0.15) is 10.2 Å². The zero-order valence-corrected chi connectivity index (χ0v) is 18.0. The molecule has 0 radical (unpaired) electrons. The Bertz CT molecular complexity index is 1130. The van der Waals surface area contributed by atoms with Crippen molar-refractivity contribution in [1.82, 2.24) is 9.97 Å². The van der Waals surface area contributed by atoms with Crippen molar-refractivity contribution >= 4 is 23.3 Å². The number of rotatable bonds is 7. The lowest BCUT2D eigenvalue weighted by Crippen LogP contribution is -2.28. The van der Waals surface area contributed by atoms with Gasteiger partial charge in [0.1, 0.15) is 0 Å². The van der Waals surface area contributed by atoms with E-state index < -0.39 is 4.92 Å². The number of anilines is 1. The zero-order valence-electron chi connectivity index (χ0n) is 17.2. The molecule has 0 amide bonds. The van der Waals surface area contributed by atoms with E-state index in [9.17, 15) is 10.1 Å². The molecule has 0 unspecified atom stereocenters. The molecule has 1 aromatic heterocycles. The average molecular weight is 448 g/mol. The number of aromatic nitrogens is 2. The number of nitrogens with one attached hydrogen (secondary N) is 1. The predicted molar refractivity (Wildman–Crippen MR) is 122 cm³/mol. The van der Waals surface area contributed by atoms with Gasteiger partial charge in [0.05, 0.1) is 16.6 Å². The largest absolute Gasteiger partial charge is 0.381 e. The lowest BCUT2D eigenvalue weighted by atomic mass is 10.1. The maximum Gasteiger partial charge on any atom is 0.337 e. The molecule has 9 heteroatoms. The minimum Gasteiger partial charge on any atom is -0.381 e. The summed E-state index contributed by atoms with van der Waals surface area (Å²) in [6.07, 6.45) is 1.50. The molecule has 0 spiro atoms. The molecule has 8 nitrogen and oxygen atoms in total. The summed E-state index contributed by atoms with van der Waals surface area (Å²) >= 11 is 1.42. The maximum absolute atomic E-state index is 12.1. The molecule has 3 aromatic rings. The molecule has 1 aliphatic heterocycles. The van der Waals surface area contributed by atoms with E-state index in [2.05, 4.69) is 21.4 Å². The molecule has 1 saturated heterocycles. The summed E-state index contributed by atoms with van der Waals surface area (Å²) in [7, 11) is 0. The number of thioether (sulfide) groups is 1. The van der Waals surface area contributed by atoms with Crippen molar-refractivity contribution in [3.05, 3.63) is 75.8 Å². The summed E-state index contributed by atoms with van der Waals surface area (Å²) in [5.74, 6) is 0.856. The Kier molecular flexibility index (Phi) is 6.94. The quantitative estimate of drug-likeness (QED) is 0.238. The van der Waals surface area contributed by atoms with Crippen molar-refractivity contribution in [1.29, 1.82) is 5.26 Å². The van der Waals surface area contributed by atoms with Crippen LogP contribution in [-0.2, 0) is 10.5 Å². The topological polar surface area (TPSA) is 114 Å². The summed E-state index contributed by atoms with van der Waals surface area (Å²) < 4.78 is 5.40. The highest BCUT2D eigenvalue weighted by molar-refractivity contribution is 7.98. The number of benzene rings is 2. The minimum atomic E-state index is -0.444. The average Bonchev–Trinajstić information content (AvgIpc) is 2.83. The van der Waals surface area contributed by atoms with Crippen LogP contribution in [0.15, 0.2) is 59.8 Å². The Hall–Kier alpha value is -3.48. The Morgan fingerprint density at radius 1 is 1.12 bits per heavy atom. The van der Waals surface area contributed by atoms with Crippen LogP contribution in [0, 0.1) is 21.4 Å². The Balaban J connectivity index is 1.74. The van der Waals surface area contributed by atoms with E-state index in [1.165, 1.54) is 11.8 Å². The second-order valence-corrected chi connectivity index (χ2v) is 8.25. The fourth-order valence-electron chi connectivity index (χ4n) is 3.43. The first-order valence-electron chi connectivity index (χ1n) is 10.2. The maximum atomic E-state index is 12.1. The standard InChI is InChI=1S/C23H21N5O3S/c24-14-16-6-8-18(9-7-16)20-21(28(29)30)22(25-19-10-12-31-13-11-19)27-23(26-20)32-15-17-4-2-1-3-5-17/h1-9,19H,10-13,15H2,(H,25,26,27). The van der Waals surface area contributed by atoms with E-state index in [-0.39, 0.29) is 23.2 Å². The number of hydrogen-bond donors (Lipinski definition) is 1. The monoisotopic (exact) mass is 447 g/mol. The van der Waals surface area contributed by atoms with Crippen LogP contribution in [0.3, 0.4) is 0 Å². The van der Waals surface area contributed by atoms with Gasteiger partial charge in [-0.05, 0) is 30.5 Å². The summed E-state index contributed by atoms with van der Waals surface area (Å²) in [4.78, 5) is 20.7. The highest BCUT2D eigenvalue weighted by Gasteiger charge is 2.28. The SMILES string of the molecule is N#Cc1ccc(-c2nc(SCc3ccccc3)nc(NC3CCOCC3)c2[N+](=O)[O-])cc1. The van der Waals surface area contributed by atoms with Crippen LogP contribution < -0.4 is 5.32 Å². The van der Waals surface area contributed by atoms with Crippen LogP contribution in [0.1, 0.15) is 24.0 Å². The third-order valence-corrected chi connectivity index (χ3v) is 6.02. The first-order valence-corrected chi connectivity index (χ1v) is 11.2. The molecule has 0 bridgehead atoms. The highest BCUT2D eigenvalue weighted by atomic mass is 32.2. The van der Waals surface area contributed by atoms with Gasteiger partial charge in [0.15, 0.2) is 10.9 Å². The normalized spacial score (nSPS) is 14.0. The van der Waals surface area contributed by atoms with Crippen LogP contribution in [0.4, 0.5) is 11.5 Å². The third-order valence-electron chi connectivity index (χ3n) is 5.11. The summed E-state index contributed by atoms with van der Waals surface area (Å²) in [5.41, 5.74) is 2.22. The second kappa shape index (κ2) is 10.2. The van der Waals surface area contributed by atoms with E-state index in [1.54, 1.807) is 24.3 Å². The summed E-state index contributed by atoms with van der Waals surface area (Å²) in [6, 6.07) is 18.6. The molecule has 162 valence electrons. The lowest BCUT2D eigenvalue weighted by Gasteiger charge is -2.23. The van der Waals surface area contributed by atoms with Crippen molar-refractivity contribution in [3.63, 3.8) is 0 Å². The van der Waals surface area contributed by atoms with Crippen LogP contribution in [-0.4, -0.2) is 34.1 Å². The first-order chi connectivity index (χ1) is 15.6. The van der Waals surface area contributed by atoms with Gasteiger partial charge >= 0.3 is 5.69 Å². The van der Waals surface area contributed by atoms with Gasteiger partial charge in [-0.1, -0.05) is 54.2 Å². The second-order valence-electron chi connectivity index (χ2n) is 7.30. The van der Waals surface area contributed by atoms with Crippen LogP contribution in [0.2, 0.25) is 0 Å². The Morgan fingerprint density at radius 3 is 2.50 bits per heavy atom. The van der Waals surface area contributed by atoms with E-state index in [0.29, 0.717) is 35.2 Å². The Morgan fingerprint density at radius 2 is 1.84 bits per heavy atom.